The molecule has 40 heavy (non-hydrogen) atoms. The second-order valence-electron chi connectivity index (χ2n) is 9.30. The van der Waals surface area contributed by atoms with E-state index in [1.54, 1.807) is 67.6 Å². The molecule has 2 atom stereocenters. The highest BCUT2D eigenvalue weighted by Gasteiger charge is 2.34. The highest BCUT2D eigenvalue weighted by atomic mass is 79.9. The van der Waals surface area contributed by atoms with Crippen LogP contribution in [0.2, 0.25) is 10.0 Å². The van der Waals surface area contributed by atoms with Crippen LogP contribution < -0.4 is 9.62 Å². The van der Waals surface area contributed by atoms with Crippen LogP contribution in [0.3, 0.4) is 0 Å². The summed E-state index contributed by atoms with van der Waals surface area (Å²) in [5.41, 5.74) is 0.886. The molecule has 0 aliphatic carbocycles. The third kappa shape index (κ3) is 8.00. The molecule has 0 aliphatic heterocycles. The number of amides is 2. The largest absolute Gasteiger partial charge is 0.352 e. The van der Waals surface area contributed by atoms with Crippen LogP contribution in [0.1, 0.15) is 39.2 Å². The van der Waals surface area contributed by atoms with Crippen LogP contribution in [0.5, 0.6) is 0 Å². The minimum atomic E-state index is -4.13. The Labute approximate surface area is 254 Å². The minimum absolute atomic E-state index is 0.0131. The number of nitrogens with one attached hydrogen (secondary N) is 1. The predicted molar refractivity (Wildman–Crippen MR) is 164 cm³/mol. The van der Waals surface area contributed by atoms with Gasteiger partial charge in [-0.25, -0.2) is 8.42 Å². The number of hydrogen-bond acceptors (Lipinski definition) is 4. The summed E-state index contributed by atoms with van der Waals surface area (Å²) in [6.45, 7) is 5.09. The normalized spacial score (nSPS) is 12.8. The number of hydrogen-bond donors (Lipinski definition) is 1. The first-order valence-corrected chi connectivity index (χ1v) is 15.8. The van der Waals surface area contributed by atoms with Crippen LogP contribution in [0.15, 0.2) is 82.2 Å². The molecule has 3 aromatic rings. The summed E-state index contributed by atoms with van der Waals surface area (Å²) in [7, 11) is -4.13. The van der Waals surface area contributed by atoms with E-state index in [4.69, 9.17) is 23.2 Å². The number of rotatable bonds is 12. The van der Waals surface area contributed by atoms with Gasteiger partial charge in [-0.3, -0.25) is 13.9 Å². The van der Waals surface area contributed by atoms with Gasteiger partial charge in [0.15, 0.2) is 0 Å². The van der Waals surface area contributed by atoms with Gasteiger partial charge in [-0.15, -0.1) is 0 Å². The van der Waals surface area contributed by atoms with E-state index >= 15 is 0 Å². The monoisotopic (exact) mass is 667 g/mol. The number of anilines is 1. The zero-order valence-corrected chi connectivity index (χ0v) is 26.4. The van der Waals surface area contributed by atoms with Crippen molar-refractivity contribution in [1.29, 1.82) is 0 Å². The van der Waals surface area contributed by atoms with E-state index in [2.05, 4.69) is 21.2 Å². The molecule has 214 valence electrons. The highest BCUT2D eigenvalue weighted by Crippen LogP contribution is 2.27. The topological polar surface area (TPSA) is 86.8 Å². The van der Waals surface area contributed by atoms with E-state index in [9.17, 15) is 18.0 Å². The Hall–Kier alpha value is -2.59. The molecule has 7 nitrogen and oxygen atoms in total. The molecule has 0 saturated carbocycles. The average Bonchev–Trinajstić information content (AvgIpc) is 2.93. The molecule has 0 aromatic heterocycles. The molecule has 0 saturated heterocycles. The van der Waals surface area contributed by atoms with Crippen LogP contribution in [-0.4, -0.2) is 43.8 Å². The maximum absolute atomic E-state index is 14.1. The molecule has 0 bridgehead atoms. The van der Waals surface area contributed by atoms with Crippen molar-refractivity contribution in [2.24, 2.45) is 0 Å². The van der Waals surface area contributed by atoms with Crippen LogP contribution in [0, 0.1) is 0 Å². The van der Waals surface area contributed by atoms with Gasteiger partial charge in [-0.1, -0.05) is 77.2 Å². The van der Waals surface area contributed by atoms with Crippen molar-refractivity contribution >= 4 is 66.7 Å². The summed E-state index contributed by atoms with van der Waals surface area (Å²) in [5.74, 6) is -0.879. The number of halogens is 3. The second kappa shape index (κ2) is 14.3. The fraction of sp³-hybridized carbons (Fsp3) is 0.310. The van der Waals surface area contributed by atoms with Crippen molar-refractivity contribution in [1.82, 2.24) is 10.2 Å². The SMILES string of the molecule is CC[C@@H](C)NC(=O)[C@H](CC)N(Cc1ccc(Cl)cc1Cl)C(=O)CN(c1ccc(Br)cc1)S(=O)(=O)c1ccccc1. The molecule has 2 amide bonds. The Balaban J connectivity index is 2.07. The van der Waals surface area contributed by atoms with E-state index in [1.807, 2.05) is 13.8 Å². The highest BCUT2D eigenvalue weighted by molar-refractivity contribution is 9.10. The van der Waals surface area contributed by atoms with Crippen molar-refractivity contribution in [3.63, 3.8) is 0 Å². The summed E-state index contributed by atoms with van der Waals surface area (Å²) >= 11 is 15.9. The first kappa shape index (κ1) is 31.9. The zero-order valence-electron chi connectivity index (χ0n) is 22.5. The Morgan fingerprint density at radius 3 is 2.17 bits per heavy atom. The smallest absolute Gasteiger partial charge is 0.264 e. The number of carbonyl (C=O) groups excluding carboxylic acids is 2. The summed E-state index contributed by atoms with van der Waals surface area (Å²) in [6, 6.07) is 18.5. The second-order valence-corrected chi connectivity index (χ2v) is 12.9. The molecule has 0 heterocycles. The molecule has 1 N–H and O–H groups in total. The van der Waals surface area contributed by atoms with Crippen molar-refractivity contribution in [2.75, 3.05) is 10.8 Å². The van der Waals surface area contributed by atoms with Gasteiger partial charge in [0.05, 0.1) is 10.6 Å². The fourth-order valence-corrected chi connectivity index (χ4v) is 6.22. The molecule has 0 aliphatic rings. The van der Waals surface area contributed by atoms with Gasteiger partial charge in [0.1, 0.15) is 12.6 Å². The molecule has 0 radical (unpaired) electrons. The minimum Gasteiger partial charge on any atom is -0.352 e. The number of carbonyl (C=O) groups is 2. The lowest BCUT2D eigenvalue weighted by molar-refractivity contribution is -0.140. The van der Waals surface area contributed by atoms with Crippen molar-refractivity contribution in [3.8, 4) is 0 Å². The lowest BCUT2D eigenvalue weighted by Gasteiger charge is -2.34. The summed E-state index contributed by atoms with van der Waals surface area (Å²) in [5, 5.41) is 3.72. The van der Waals surface area contributed by atoms with Crippen LogP contribution >= 0.6 is 39.1 Å². The van der Waals surface area contributed by atoms with Gasteiger partial charge in [-0.05, 0) is 73.9 Å². The zero-order chi connectivity index (χ0) is 29.4. The molecule has 0 unspecified atom stereocenters. The van der Waals surface area contributed by atoms with Crippen molar-refractivity contribution in [2.45, 2.75) is 57.1 Å². The number of nitrogens with zero attached hydrogens (tertiary/aromatic N) is 2. The van der Waals surface area contributed by atoms with E-state index in [1.165, 1.54) is 17.0 Å². The quantitative estimate of drug-likeness (QED) is 0.234. The Bertz CT molecular complexity index is 1420. The van der Waals surface area contributed by atoms with Crippen molar-refractivity contribution in [3.05, 3.63) is 92.9 Å². The van der Waals surface area contributed by atoms with Crippen LogP contribution in [-0.2, 0) is 26.2 Å². The maximum Gasteiger partial charge on any atom is 0.264 e. The molecule has 3 aromatic carbocycles. The van der Waals surface area contributed by atoms with Crippen LogP contribution in [0.25, 0.3) is 0 Å². The lowest BCUT2D eigenvalue weighted by Crippen LogP contribution is -2.53. The predicted octanol–water partition coefficient (Wildman–Crippen LogP) is 6.67. The lowest BCUT2D eigenvalue weighted by atomic mass is 10.1. The van der Waals surface area contributed by atoms with Gasteiger partial charge in [0.2, 0.25) is 11.8 Å². The molecule has 0 fully saturated rings. The van der Waals surface area contributed by atoms with E-state index in [-0.39, 0.29) is 23.4 Å². The van der Waals surface area contributed by atoms with Crippen LogP contribution in [0.4, 0.5) is 5.69 Å². The van der Waals surface area contributed by atoms with Gasteiger partial charge in [0, 0.05) is 27.1 Å². The van der Waals surface area contributed by atoms with Gasteiger partial charge >= 0.3 is 0 Å². The third-order valence-corrected chi connectivity index (χ3v) is 9.37. The van der Waals surface area contributed by atoms with Gasteiger partial charge < -0.3 is 10.2 Å². The van der Waals surface area contributed by atoms with E-state index in [0.29, 0.717) is 34.1 Å². The average molecular weight is 669 g/mol. The third-order valence-electron chi connectivity index (χ3n) is 6.47. The first-order valence-electron chi connectivity index (χ1n) is 12.8. The molecule has 11 heteroatoms. The van der Waals surface area contributed by atoms with Gasteiger partial charge in [-0.2, -0.15) is 0 Å². The standard InChI is InChI=1S/C29H32BrCl2N3O4S/c1-4-20(3)33-29(37)27(5-2)34(18-21-11-14-23(31)17-26(21)32)28(36)19-35(24-15-12-22(30)13-16-24)40(38,39)25-9-7-6-8-10-25/h6-17,20,27H,4-5,18-19H2,1-3H3,(H,33,37)/t20-,27+/m1/s1. The molecular weight excluding hydrogens is 637 g/mol. The number of benzene rings is 3. The van der Waals surface area contributed by atoms with Gasteiger partial charge in [0.25, 0.3) is 10.0 Å². The Morgan fingerprint density at radius 2 is 1.60 bits per heavy atom. The molecular formula is C29H32BrCl2N3O4S. The maximum atomic E-state index is 14.1. The Morgan fingerprint density at radius 1 is 0.950 bits per heavy atom. The summed E-state index contributed by atoms with van der Waals surface area (Å²) in [6.07, 6.45) is 1.02. The molecule has 0 spiro atoms. The molecule has 3 rings (SSSR count). The first-order chi connectivity index (χ1) is 19.0. The number of sulfonamides is 1. The Kier molecular flexibility index (Phi) is 11.5. The van der Waals surface area contributed by atoms with Crippen molar-refractivity contribution < 1.29 is 18.0 Å². The summed E-state index contributed by atoms with van der Waals surface area (Å²) < 4.78 is 29.4. The fourth-order valence-electron chi connectivity index (χ4n) is 4.05. The van der Waals surface area contributed by atoms with E-state index < -0.39 is 28.5 Å². The van der Waals surface area contributed by atoms with E-state index in [0.717, 1.165) is 8.78 Å². The summed E-state index contributed by atoms with van der Waals surface area (Å²) in [4.78, 5) is 28.8.